The Hall–Kier alpha value is -4.73. The van der Waals surface area contributed by atoms with Crippen molar-refractivity contribution in [2.45, 2.75) is 19.4 Å². The van der Waals surface area contributed by atoms with Gasteiger partial charge < -0.3 is 10.2 Å². The van der Waals surface area contributed by atoms with Crippen molar-refractivity contribution in [3.63, 3.8) is 0 Å². The molecule has 1 aliphatic rings. The molecule has 2 amide bonds. The number of nitrogens with zero attached hydrogens (tertiary/aromatic N) is 5. The second-order valence-electron chi connectivity index (χ2n) is 9.32. The number of aromatic amines is 1. The van der Waals surface area contributed by atoms with Gasteiger partial charge in [0.05, 0.1) is 24.2 Å². The largest absolute Gasteiger partial charge is 0.350 e. The van der Waals surface area contributed by atoms with E-state index in [0.29, 0.717) is 36.4 Å². The molecule has 2 aromatic carbocycles. The van der Waals surface area contributed by atoms with Crippen LogP contribution in [0.1, 0.15) is 28.8 Å². The fourth-order valence-corrected chi connectivity index (χ4v) is 4.87. The zero-order valence-electron chi connectivity index (χ0n) is 20.0. The average molecular weight is 496 g/mol. The van der Waals surface area contributed by atoms with Crippen LogP contribution in [0.15, 0.2) is 77.9 Å². The summed E-state index contributed by atoms with van der Waals surface area (Å²) in [5.41, 5.74) is 3.32. The summed E-state index contributed by atoms with van der Waals surface area (Å²) >= 11 is 0. The first-order valence-corrected chi connectivity index (χ1v) is 12.2. The fraction of sp³-hybridized carbons (Fsp3) is 0.222. The predicted molar refractivity (Wildman–Crippen MR) is 138 cm³/mol. The first kappa shape index (κ1) is 22.7. The molecule has 3 aromatic heterocycles. The smallest absolute Gasteiger partial charge is 0.338 e. The molecule has 0 saturated carbocycles. The second kappa shape index (κ2) is 9.38. The molecule has 186 valence electrons. The predicted octanol–water partition coefficient (Wildman–Crippen LogP) is 2.91. The average Bonchev–Trinajstić information content (AvgIpc) is 3.52. The number of hydrogen-bond acceptors (Lipinski definition) is 5. The lowest BCUT2D eigenvalue weighted by atomic mass is 9.96. The molecule has 1 atom stereocenters. The van der Waals surface area contributed by atoms with Gasteiger partial charge in [0, 0.05) is 35.9 Å². The number of fused-ring (bicyclic) bond motifs is 2. The van der Waals surface area contributed by atoms with Crippen molar-refractivity contribution in [2.75, 3.05) is 18.4 Å². The number of piperidine rings is 1. The lowest BCUT2D eigenvalue weighted by Gasteiger charge is -2.32. The first-order chi connectivity index (χ1) is 18.0. The van der Waals surface area contributed by atoms with Gasteiger partial charge in [-0.2, -0.15) is 5.10 Å². The molecular weight excluding hydrogens is 470 g/mol. The van der Waals surface area contributed by atoms with Crippen LogP contribution in [0.2, 0.25) is 0 Å². The van der Waals surface area contributed by atoms with Crippen LogP contribution in [0, 0.1) is 5.92 Å². The molecule has 5 aromatic rings. The lowest BCUT2D eigenvalue weighted by Crippen LogP contribution is -2.43. The molecule has 0 bridgehead atoms. The molecule has 0 radical (unpaired) electrons. The minimum atomic E-state index is -0.305. The third-order valence-electron chi connectivity index (χ3n) is 6.78. The van der Waals surface area contributed by atoms with E-state index in [-0.39, 0.29) is 30.0 Å². The molecule has 37 heavy (non-hydrogen) atoms. The van der Waals surface area contributed by atoms with Crippen molar-refractivity contribution in [1.82, 2.24) is 29.3 Å². The van der Waals surface area contributed by atoms with Crippen molar-refractivity contribution < 1.29 is 9.59 Å². The van der Waals surface area contributed by atoms with E-state index in [0.717, 1.165) is 22.9 Å². The van der Waals surface area contributed by atoms with Crippen molar-refractivity contribution in [1.29, 1.82) is 0 Å². The Morgan fingerprint density at radius 2 is 2.00 bits per heavy atom. The summed E-state index contributed by atoms with van der Waals surface area (Å²) in [4.78, 5) is 40.6. The minimum Gasteiger partial charge on any atom is -0.338 e. The van der Waals surface area contributed by atoms with Crippen LogP contribution in [-0.2, 0) is 11.3 Å². The number of carbonyl (C=O) groups is 2. The van der Waals surface area contributed by atoms with E-state index in [4.69, 9.17) is 0 Å². The van der Waals surface area contributed by atoms with Gasteiger partial charge in [0.2, 0.25) is 5.91 Å². The molecule has 1 fully saturated rings. The highest BCUT2D eigenvalue weighted by atomic mass is 16.2. The number of aromatic nitrogens is 5. The Labute approximate surface area is 211 Å². The monoisotopic (exact) mass is 495 g/mol. The van der Waals surface area contributed by atoms with Crippen molar-refractivity contribution in [3.8, 4) is 0 Å². The van der Waals surface area contributed by atoms with Gasteiger partial charge in [-0.05, 0) is 60.9 Å². The van der Waals surface area contributed by atoms with Crippen molar-refractivity contribution >= 4 is 34.1 Å². The molecule has 2 N–H and O–H groups in total. The Bertz CT molecular complexity index is 1680. The summed E-state index contributed by atoms with van der Waals surface area (Å²) in [5, 5.41) is 15.1. The number of amides is 2. The quantitative estimate of drug-likeness (QED) is 0.389. The van der Waals surface area contributed by atoms with Gasteiger partial charge in [-0.1, -0.05) is 18.2 Å². The molecule has 6 rings (SSSR count). The van der Waals surface area contributed by atoms with Gasteiger partial charge >= 0.3 is 5.69 Å². The van der Waals surface area contributed by atoms with E-state index >= 15 is 0 Å². The van der Waals surface area contributed by atoms with Crippen LogP contribution >= 0.6 is 0 Å². The maximum atomic E-state index is 13.1. The zero-order valence-corrected chi connectivity index (χ0v) is 20.0. The Kier molecular flexibility index (Phi) is 5.76. The maximum Gasteiger partial charge on any atom is 0.350 e. The van der Waals surface area contributed by atoms with Crippen LogP contribution in [0.4, 0.5) is 5.69 Å². The summed E-state index contributed by atoms with van der Waals surface area (Å²) in [6, 6.07) is 18.3. The summed E-state index contributed by atoms with van der Waals surface area (Å²) < 4.78 is 2.90. The topological polar surface area (TPSA) is 117 Å². The number of hydrogen-bond donors (Lipinski definition) is 2. The summed E-state index contributed by atoms with van der Waals surface area (Å²) in [5.74, 6) is -0.509. The SMILES string of the molecule is O=C(Nc1cccc(Cn2nc3ccccn3c2=O)c1)C1CCCN(C(=O)c2ccc3[nH]ncc3c2)C1. The van der Waals surface area contributed by atoms with Crippen LogP contribution in [-0.4, -0.2) is 54.2 Å². The Morgan fingerprint density at radius 3 is 2.89 bits per heavy atom. The molecule has 1 unspecified atom stereocenters. The first-order valence-electron chi connectivity index (χ1n) is 12.2. The van der Waals surface area contributed by atoms with E-state index in [1.807, 2.05) is 42.5 Å². The highest BCUT2D eigenvalue weighted by molar-refractivity contribution is 5.99. The maximum absolute atomic E-state index is 13.1. The number of nitrogens with one attached hydrogen (secondary N) is 2. The molecular formula is C27H25N7O3. The number of carbonyl (C=O) groups excluding carboxylic acids is 2. The summed E-state index contributed by atoms with van der Waals surface area (Å²) in [6.45, 7) is 1.27. The highest BCUT2D eigenvalue weighted by Gasteiger charge is 2.29. The lowest BCUT2D eigenvalue weighted by molar-refractivity contribution is -0.121. The van der Waals surface area contributed by atoms with Gasteiger partial charge in [0.15, 0.2) is 5.65 Å². The van der Waals surface area contributed by atoms with E-state index < -0.39 is 0 Å². The molecule has 1 saturated heterocycles. The molecule has 1 aliphatic heterocycles. The Balaban J connectivity index is 1.13. The van der Waals surface area contributed by atoms with Crippen molar-refractivity contribution in [3.05, 3.63) is 94.7 Å². The standard InChI is InChI=1S/C27H25N7O3/c35-25(20-6-4-11-32(17-20)26(36)19-9-10-23-21(14-19)15-28-30-23)29-22-7-3-5-18(13-22)16-34-27(37)33-12-2-1-8-24(33)31-34/h1-3,5,7-10,12-15,20H,4,6,11,16-17H2,(H,28,30)(H,29,35). The molecule has 10 nitrogen and oxygen atoms in total. The van der Waals surface area contributed by atoms with Gasteiger partial charge in [0.25, 0.3) is 5.91 Å². The number of pyridine rings is 1. The number of likely N-dealkylation sites (tertiary alicyclic amines) is 1. The van der Waals surface area contributed by atoms with Gasteiger partial charge in [0.1, 0.15) is 0 Å². The van der Waals surface area contributed by atoms with Gasteiger partial charge in [-0.15, -0.1) is 5.10 Å². The second-order valence-corrected chi connectivity index (χ2v) is 9.32. The van der Waals surface area contributed by atoms with Gasteiger partial charge in [-0.3, -0.25) is 19.1 Å². The van der Waals surface area contributed by atoms with E-state index in [2.05, 4.69) is 20.6 Å². The van der Waals surface area contributed by atoms with Crippen LogP contribution in [0.3, 0.4) is 0 Å². The minimum absolute atomic E-state index is 0.0829. The molecule has 4 heterocycles. The summed E-state index contributed by atoms with van der Waals surface area (Å²) in [6.07, 6.45) is 4.85. The van der Waals surface area contributed by atoms with E-state index in [9.17, 15) is 14.4 Å². The molecule has 10 heteroatoms. The number of rotatable bonds is 5. The van der Waals surface area contributed by atoms with Crippen LogP contribution < -0.4 is 11.0 Å². The number of anilines is 1. The normalized spacial score (nSPS) is 15.8. The van der Waals surface area contributed by atoms with Crippen LogP contribution in [0.25, 0.3) is 16.6 Å². The van der Waals surface area contributed by atoms with E-state index in [1.165, 1.54) is 9.08 Å². The summed E-state index contributed by atoms with van der Waals surface area (Å²) in [7, 11) is 0. The van der Waals surface area contributed by atoms with Crippen molar-refractivity contribution in [2.24, 2.45) is 5.92 Å². The number of benzene rings is 2. The Morgan fingerprint density at radius 1 is 1.08 bits per heavy atom. The zero-order chi connectivity index (χ0) is 25.4. The fourth-order valence-electron chi connectivity index (χ4n) is 4.87. The third kappa shape index (κ3) is 4.49. The third-order valence-corrected chi connectivity index (χ3v) is 6.78. The molecule has 0 aliphatic carbocycles. The van der Waals surface area contributed by atoms with Gasteiger partial charge in [-0.25, -0.2) is 9.48 Å². The molecule has 0 spiro atoms. The van der Waals surface area contributed by atoms with Crippen LogP contribution in [0.5, 0.6) is 0 Å². The highest BCUT2D eigenvalue weighted by Crippen LogP contribution is 2.22. The number of H-pyrrole nitrogens is 1. The van der Waals surface area contributed by atoms with E-state index in [1.54, 1.807) is 35.5 Å².